The molecule has 0 saturated heterocycles. The maximum atomic E-state index is 13.7. The quantitative estimate of drug-likeness (QED) is 0.0806. The number of nitrogens with zero attached hydrogens (tertiary/aromatic N) is 2. The van der Waals surface area contributed by atoms with Gasteiger partial charge in [0.25, 0.3) is 5.91 Å². The fraction of sp³-hybridized carbons (Fsp3) is 0.512. The van der Waals surface area contributed by atoms with Crippen molar-refractivity contribution in [2.45, 2.75) is 95.3 Å². The second kappa shape index (κ2) is 21.0. The molecule has 1 atom stereocenters. The lowest BCUT2D eigenvalue weighted by Gasteiger charge is -2.31. The van der Waals surface area contributed by atoms with Crippen LogP contribution in [0.1, 0.15) is 107 Å². The van der Waals surface area contributed by atoms with Gasteiger partial charge in [-0.15, -0.1) is 0 Å². The van der Waals surface area contributed by atoms with Crippen molar-refractivity contribution in [3.8, 4) is 11.3 Å². The van der Waals surface area contributed by atoms with E-state index in [9.17, 15) is 48.5 Å². The van der Waals surface area contributed by atoms with E-state index in [0.29, 0.717) is 77.3 Å². The molecule has 1 aromatic carbocycles. The fourth-order valence-corrected chi connectivity index (χ4v) is 9.36. The van der Waals surface area contributed by atoms with E-state index in [1.165, 1.54) is 25.3 Å². The number of anilines is 1. The first-order valence-electron chi connectivity index (χ1n) is 20.6. The van der Waals surface area contributed by atoms with Crippen molar-refractivity contribution >= 4 is 54.0 Å². The molecule has 1 amide bonds. The zero-order valence-corrected chi connectivity index (χ0v) is 38.9. The lowest BCUT2D eigenvalue weighted by molar-refractivity contribution is -0.137. The van der Waals surface area contributed by atoms with Crippen molar-refractivity contribution in [2.75, 3.05) is 56.3 Å². The summed E-state index contributed by atoms with van der Waals surface area (Å²) in [5.74, 6) is -1.79. The minimum Gasteiger partial charge on any atom is -0.748 e. The SMILES string of the molecule is CC[N+](CCCS(=O)(=O)[O-])=c1cc2oc(/C=C/C=C3/N(CCCCCC(=O)O)c4ccc(S(=O)(=O)[O-])cc4C3(C)CCCS(=O)(=O)[O-])cc(C(C)(C)C)c-2cc1C(=O)NCCOC. The zero-order valence-electron chi connectivity index (χ0n) is 36.5. The van der Waals surface area contributed by atoms with Crippen molar-refractivity contribution in [1.82, 2.24) is 9.89 Å². The van der Waals surface area contributed by atoms with Gasteiger partial charge in [-0.3, -0.25) is 9.59 Å². The highest BCUT2D eigenvalue weighted by Gasteiger charge is 2.43. The third-order valence-electron chi connectivity index (χ3n) is 10.9. The van der Waals surface area contributed by atoms with Crippen molar-refractivity contribution in [3.05, 3.63) is 82.1 Å². The fourth-order valence-electron chi connectivity index (χ4n) is 7.88. The first-order valence-corrected chi connectivity index (χ1v) is 25.2. The Hall–Kier alpha value is -4.44. The molecule has 4 rings (SSSR count). The Labute approximate surface area is 370 Å². The van der Waals surface area contributed by atoms with Gasteiger partial charge in [-0.05, 0) is 98.6 Å². The first-order chi connectivity index (χ1) is 29.3. The Morgan fingerprint density at radius 2 is 1.63 bits per heavy atom. The van der Waals surface area contributed by atoms with Crippen molar-refractivity contribution in [3.63, 3.8) is 0 Å². The van der Waals surface area contributed by atoms with Gasteiger partial charge < -0.3 is 38.1 Å². The van der Waals surface area contributed by atoms with Crippen LogP contribution in [-0.2, 0) is 50.7 Å². The Bertz CT molecular complexity index is 2590. The third-order valence-corrected chi connectivity index (χ3v) is 13.4. The predicted molar refractivity (Wildman–Crippen MR) is 234 cm³/mol. The molecule has 63 heavy (non-hydrogen) atoms. The van der Waals surface area contributed by atoms with Gasteiger partial charge >= 0.3 is 5.97 Å². The van der Waals surface area contributed by atoms with Gasteiger partial charge in [-0.25, -0.2) is 29.8 Å². The average molecular weight is 936 g/mol. The normalized spacial score (nSPS) is 17.2. The highest BCUT2D eigenvalue weighted by atomic mass is 32.2. The molecule has 0 saturated carbocycles. The summed E-state index contributed by atoms with van der Waals surface area (Å²) in [4.78, 5) is 26.3. The molecule has 1 unspecified atom stereocenters. The van der Waals surface area contributed by atoms with Crippen LogP contribution in [0.5, 0.6) is 0 Å². The molecule has 0 aromatic heterocycles. The van der Waals surface area contributed by atoms with Gasteiger partial charge in [0.15, 0.2) is 0 Å². The standard InChI is InChI=1S/C43H59N3O14S3/c1-7-45(21-13-25-62(53,54)55)37-29-38-32(28-33(37)41(49)44-20-23-59-6)34(42(2,3)4)26-30(60-38)14-11-15-39-43(5,19-12-24-61(50,51)52)35-27-31(63(56,57)58)17-18-36(35)46(39)22-10-8-9-16-40(47)48/h11,14-15,17-18,26-29H,7-10,12-13,16,19-25H2,1-6H3,(H4-,44,47,48,49,50,51,52,53,54,55,56,57,58)/p-2. The summed E-state index contributed by atoms with van der Waals surface area (Å²) >= 11 is 0. The van der Waals surface area contributed by atoms with Crippen molar-refractivity contribution in [2.24, 2.45) is 0 Å². The monoisotopic (exact) mass is 935 g/mol. The number of nitrogens with one attached hydrogen (secondary N) is 1. The molecule has 2 heterocycles. The average Bonchev–Trinajstić information content (AvgIpc) is 3.39. The lowest BCUT2D eigenvalue weighted by Crippen LogP contribution is -2.39. The van der Waals surface area contributed by atoms with Crippen LogP contribution in [0.25, 0.3) is 17.4 Å². The molecule has 1 aliphatic carbocycles. The number of unbranched alkanes of at least 4 members (excludes halogenated alkanes) is 2. The number of fused-ring (bicyclic) bond motifs is 2. The summed E-state index contributed by atoms with van der Waals surface area (Å²) < 4.78 is 119. The number of benzene rings is 2. The van der Waals surface area contributed by atoms with Gasteiger partial charge in [-0.1, -0.05) is 33.3 Å². The van der Waals surface area contributed by atoms with Gasteiger partial charge in [0.05, 0.1) is 37.8 Å². The number of amides is 1. The molecule has 348 valence electrons. The van der Waals surface area contributed by atoms with E-state index in [4.69, 9.17) is 14.3 Å². The summed E-state index contributed by atoms with van der Waals surface area (Å²) in [6.45, 7) is 11.0. The van der Waals surface area contributed by atoms with Crippen LogP contribution < -0.4 is 20.1 Å². The molecule has 0 spiro atoms. The van der Waals surface area contributed by atoms with E-state index in [1.807, 2.05) is 38.7 Å². The molecule has 3 aliphatic rings. The number of carboxylic acids is 1. The van der Waals surface area contributed by atoms with E-state index >= 15 is 0 Å². The van der Waals surface area contributed by atoms with Crippen LogP contribution in [0.15, 0.2) is 63.6 Å². The Kier molecular flexibility index (Phi) is 17.1. The van der Waals surface area contributed by atoms with Gasteiger partial charge in [-0.2, -0.15) is 0 Å². The Balaban J connectivity index is 1.94. The van der Waals surface area contributed by atoms with E-state index in [1.54, 1.807) is 41.9 Å². The van der Waals surface area contributed by atoms with E-state index in [-0.39, 0.29) is 45.4 Å². The topological polar surface area (TPSA) is 267 Å². The maximum absolute atomic E-state index is 13.7. The molecule has 20 heteroatoms. The Morgan fingerprint density at radius 1 is 0.952 bits per heavy atom. The van der Waals surface area contributed by atoms with E-state index < -0.39 is 69.5 Å². The summed E-state index contributed by atoms with van der Waals surface area (Å²) in [5.41, 5.74) is 1.81. The largest absolute Gasteiger partial charge is 0.748 e. The third kappa shape index (κ3) is 14.0. The number of allylic oxidation sites excluding steroid dienone is 3. The van der Waals surface area contributed by atoms with Gasteiger partial charge in [0.1, 0.15) is 40.3 Å². The second-order valence-corrected chi connectivity index (χ2v) is 21.1. The minimum absolute atomic E-state index is 0.0210. The number of hydrogen-bond donors (Lipinski definition) is 2. The minimum atomic E-state index is -4.89. The van der Waals surface area contributed by atoms with Gasteiger partial charge in [0, 0.05) is 66.9 Å². The number of aliphatic carboxylic acids is 1. The first kappa shape index (κ1) is 51.2. The zero-order chi connectivity index (χ0) is 47.0. The van der Waals surface area contributed by atoms with Crippen LogP contribution in [0.3, 0.4) is 0 Å². The molecule has 0 fully saturated rings. The molecule has 0 radical (unpaired) electrons. The number of methoxy groups -OCH3 is 1. The highest BCUT2D eigenvalue weighted by Crippen LogP contribution is 2.51. The molecule has 17 nitrogen and oxygen atoms in total. The van der Waals surface area contributed by atoms with Crippen LogP contribution in [0.2, 0.25) is 0 Å². The van der Waals surface area contributed by atoms with Crippen LogP contribution in [0.4, 0.5) is 5.69 Å². The lowest BCUT2D eigenvalue weighted by atomic mass is 9.77. The second-order valence-electron chi connectivity index (χ2n) is 16.7. The highest BCUT2D eigenvalue weighted by molar-refractivity contribution is 7.86. The summed E-state index contributed by atoms with van der Waals surface area (Å²) in [6, 6.07) is 9.28. The number of rotatable bonds is 22. The van der Waals surface area contributed by atoms with Crippen LogP contribution in [0, 0.1) is 0 Å². The van der Waals surface area contributed by atoms with Crippen molar-refractivity contribution < 1.29 is 62.8 Å². The number of carboxylic acid groups (broad SMARTS) is 1. The van der Waals surface area contributed by atoms with E-state index in [0.717, 1.165) is 5.56 Å². The predicted octanol–water partition coefficient (Wildman–Crippen LogP) is 4.34. The van der Waals surface area contributed by atoms with Crippen LogP contribution >= 0.6 is 0 Å². The number of ether oxygens (including phenoxy) is 1. The number of carbonyl (C=O) groups excluding carboxylic acids is 1. The summed E-state index contributed by atoms with van der Waals surface area (Å²) in [6.07, 6.45) is 6.70. The molecular formula is C43H57N3O14S3-2. The number of carbonyl (C=O) groups is 2. The maximum Gasteiger partial charge on any atom is 0.303 e. The Morgan fingerprint density at radius 3 is 2.24 bits per heavy atom. The van der Waals surface area contributed by atoms with Crippen LogP contribution in [-0.4, -0.2) is 107 Å². The molecular weight excluding hydrogens is 879 g/mol. The van der Waals surface area contributed by atoms with Crippen molar-refractivity contribution in [1.29, 1.82) is 0 Å². The molecule has 2 N–H and O–H groups in total. The summed E-state index contributed by atoms with van der Waals surface area (Å²) in [7, 11) is -12.5. The van der Waals surface area contributed by atoms with E-state index in [2.05, 4.69) is 5.32 Å². The summed E-state index contributed by atoms with van der Waals surface area (Å²) in [5, 5.41) is 12.5. The smallest absolute Gasteiger partial charge is 0.303 e. The number of hydrogen-bond acceptors (Lipinski definition) is 14. The molecule has 1 aromatic rings. The molecule has 0 bridgehead atoms. The molecule has 2 aliphatic heterocycles. The van der Waals surface area contributed by atoms with Gasteiger partial charge in [0.2, 0.25) is 5.36 Å².